The average Bonchev–Trinajstić information content (AvgIpc) is 2.85. The van der Waals surface area contributed by atoms with Crippen LogP contribution in [0.25, 0.3) is 0 Å². The quantitative estimate of drug-likeness (QED) is 0.778. The molecule has 1 aromatic rings. The van der Waals surface area contributed by atoms with Gasteiger partial charge in [0.05, 0.1) is 6.04 Å². The second-order valence-corrected chi connectivity index (χ2v) is 8.32. The normalized spacial score (nSPS) is 22.3. The molecule has 3 N–H and O–H groups in total. The molecule has 0 saturated carbocycles. The lowest BCUT2D eigenvalue weighted by molar-refractivity contribution is -0.150. The average molecular weight is 321 g/mol. The summed E-state index contributed by atoms with van der Waals surface area (Å²) in [4.78, 5) is 16.2. The van der Waals surface area contributed by atoms with Crippen LogP contribution in [-0.2, 0) is 20.5 Å². The maximum absolute atomic E-state index is 11.1. The first-order chi connectivity index (χ1) is 10.4. The molecule has 1 fully saturated rings. The molecule has 23 heavy (non-hydrogen) atoms. The molecule has 0 aliphatic carbocycles. The lowest BCUT2D eigenvalue weighted by Gasteiger charge is -2.29. The van der Waals surface area contributed by atoms with Crippen molar-refractivity contribution in [2.75, 3.05) is 0 Å². The van der Waals surface area contributed by atoms with E-state index in [1.54, 1.807) is 0 Å². The van der Waals surface area contributed by atoms with Gasteiger partial charge in [0.15, 0.2) is 6.10 Å². The summed E-state index contributed by atoms with van der Waals surface area (Å²) in [5.41, 5.74) is 5.05. The van der Waals surface area contributed by atoms with E-state index >= 15 is 0 Å². The number of phenolic OH excluding ortho intramolecular Hbond substituents is 1. The molecule has 0 amide bonds. The predicted octanol–water partition coefficient (Wildman–Crippen LogP) is 3.41. The van der Waals surface area contributed by atoms with Crippen LogP contribution >= 0.6 is 0 Å². The van der Waals surface area contributed by atoms with Crippen LogP contribution < -0.4 is 5.48 Å². The molecule has 1 heterocycles. The Morgan fingerprint density at radius 2 is 1.61 bits per heavy atom. The summed E-state index contributed by atoms with van der Waals surface area (Å²) in [5.74, 6) is -0.645. The molecule has 5 nitrogen and oxygen atoms in total. The van der Waals surface area contributed by atoms with Crippen molar-refractivity contribution in [3.8, 4) is 5.75 Å². The van der Waals surface area contributed by atoms with Crippen molar-refractivity contribution >= 4 is 5.97 Å². The fraction of sp³-hybridized carbons (Fsp3) is 0.611. The van der Waals surface area contributed by atoms with Gasteiger partial charge in [-0.3, -0.25) is 4.84 Å². The van der Waals surface area contributed by atoms with Gasteiger partial charge in [-0.1, -0.05) is 41.5 Å². The molecule has 1 aliphatic heterocycles. The Kier molecular flexibility index (Phi) is 4.48. The number of hydrogen-bond donors (Lipinski definition) is 3. The number of carboxylic acid groups (broad SMARTS) is 1. The zero-order chi connectivity index (χ0) is 17.6. The Labute approximate surface area is 137 Å². The highest BCUT2D eigenvalue weighted by atomic mass is 16.7. The van der Waals surface area contributed by atoms with Gasteiger partial charge < -0.3 is 10.2 Å². The number of aromatic hydroxyl groups is 1. The predicted molar refractivity (Wildman–Crippen MR) is 88.5 cm³/mol. The maximum atomic E-state index is 11.1. The van der Waals surface area contributed by atoms with Crippen molar-refractivity contribution in [2.45, 2.75) is 70.9 Å². The minimum atomic E-state index is -0.967. The lowest BCUT2D eigenvalue weighted by Crippen LogP contribution is -2.20. The molecule has 2 rings (SSSR count). The van der Waals surface area contributed by atoms with Crippen LogP contribution in [0.15, 0.2) is 12.1 Å². The van der Waals surface area contributed by atoms with Crippen molar-refractivity contribution in [3.63, 3.8) is 0 Å². The molecule has 0 radical (unpaired) electrons. The zero-order valence-corrected chi connectivity index (χ0v) is 14.7. The topological polar surface area (TPSA) is 78.8 Å². The van der Waals surface area contributed by atoms with E-state index < -0.39 is 12.1 Å². The summed E-state index contributed by atoms with van der Waals surface area (Å²) >= 11 is 0. The highest BCUT2D eigenvalue weighted by Gasteiger charge is 2.34. The van der Waals surface area contributed by atoms with Gasteiger partial charge in [-0.2, -0.15) is 5.48 Å². The fourth-order valence-corrected chi connectivity index (χ4v) is 2.83. The molecule has 2 atom stereocenters. The Morgan fingerprint density at radius 3 is 1.96 bits per heavy atom. The molecule has 1 aromatic carbocycles. The minimum Gasteiger partial charge on any atom is -0.507 e. The van der Waals surface area contributed by atoms with Crippen LogP contribution in [0.5, 0.6) is 5.75 Å². The summed E-state index contributed by atoms with van der Waals surface area (Å²) in [6, 6.07) is 3.71. The molecule has 0 spiro atoms. The number of carbonyl (C=O) groups is 1. The summed E-state index contributed by atoms with van der Waals surface area (Å²) in [6.07, 6.45) is -0.474. The van der Waals surface area contributed by atoms with E-state index in [2.05, 4.69) is 47.0 Å². The highest BCUT2D eigenvalue weighted by Crippen LogP contribution is 2.41. The summed E-state index contributed by atoms with van der Waals surface area (Å²) in [6.45, 7) is 12.3. The van der Waals surface area contributed by atoms with Crippen molar-refractivity contribution in [1.82, 2.24) is 5.48 Å². The Bertz CT molecular complexity index is 575. The van der Waals surface area contributed by atoms with E-state index in [0.717, 1.165) is 16.7 Å². The van der Waals surface area contributed by atoms with Crippen molar-refractivity contribution in [2.24, 2.45) is 0 Å². The third-order valence-electron chi connectivity index (χ3n) is 4.23. The number of aliphatic carboxylic acids is 1. The number of rotatable bonds is 2. The van der Waals surface area contributed by atoms with E-state index in [0.29, 0.717) is 12.2 Å². The first-order valence-corrected chi connectivity index (χ1v) is 7.93. The summed E-state index contributed by atoms with van der Waals surface area (Å²) in [7, 11) is 0. The maximum Gasteiger partial charge on any atom is 0.335 e. The monoisotopic (exact) mass is 321 g/mol. The molecule has 1 saturated heterocycles. The number of carboxylic acids is 1. The van der Waals surface area contributed by atoms with Crippen molar-refractivity contribution in [1.29, 1.82) is 0 Å². The lowest BCUT2D eigenvalue weighted by atomic mass is 9.77. The van der Waals surface area contributed by atoms with Crippen LogP contribution in [0.3, 0.4) is 0 Å². The number of hydrogen-bond acceptors (Lipinski definition) is 4. The van der Waals surface area contributed by atoms with E-state index in [1.165, 1.54) is 0 Å². The molecule has 128 valence electrons. The highest BCUT2D eigenvalue weighted by molar-refractivity contribution is 5.72. The van der Waals surface area contributed by atoms with Crippen LogP contribution in [-0.4, -0.2) is 22.3 Å². The van der Waals surface area contributed by atoms with Gasteiger partial charge in [0.2, 0.25) is 0 Å². The van der Waals surface area contributed by atoms with Crippen molar-refractivity contribution < 1.29 is 19.8 Å². The third kappa shape index (κ3) is 3.67. The number of benzene rings is 1. The molecular formula is C18H27NO4. The Morgan fingerprint density at radius 1 is 1.13 bits per heavy atom. The van der Waals surface area contributed by atoms with Crippen molar-refractivity contribution in [3.05, 3.63) is 28.8 Å². The largest absolute Gasteiger partial charge is 0.507 e. The first-order valence-electron chi connectivity index (χ1n) is 7.93. The van der Waals surface area contributed by atoms with Gasteiger partial charge in [0.1, 0.15) is 5.75 Å². The third-order valence-corrected chi connectivity index (χ3v) is 4.23. The minimum absolute atomic E-state index is 0.195. The Balaban J connectivity index is 2.51. The fourth-order valence-electron chi connectivity index (χ4n) is 2.83. The van der Waals surface area contributed by atoms with E-state index in [9.17, 15) is 9.90 Å². The number of phenols is 1. The summed E-state index contributed by atoms with van der Waals surface area (Å²) in [5, 5.41) is 19.8. The van der Waals surface area contributed by atoms with Crippen LogP contribution in [0, 0.1) is 0 Å². The molecule has 5 heteroatoms. The van der Waals surface area contributed by atoms with E-state index in [4.69, 9.17) is 9.94 Å². The molecular weight excluding hydrogens is 294 g/mol. The van der Waals surface area contributed by atoms with Crippen LogP contribution in [0.2, 0.25) is 0 Å². The van der Waals surface area contributed by atoms with Gasteiger partial charge in [0, 0.05) is 6.42 Å². The van der Waals surface area contributed by atoms with Gasteiger partial charge >= 0.3 is 5.97 Å². The smallest absolute Gasteiger partial charge is 0.335 e. The Hall–Kier alpha value is -1.59. The zero-order valence-electron chi connectivity index (χ0n) is 14.7. The van der Waals surface area contributed by atoms with E-state index in [-0.39, 0.29) is 16.9 Å². The standard InChI is InChI=1S/C18H27NO4/c1-17(2,3)11-7-10(8-12(15(11)20)18(4,5)6)13-9-14(16(21)22)23-19-13/h7-8,13-14,19-20H,9H2,1-6H3,(H,21,22). The summed E-state index contributed by atoms with van der Waals surface area (Å²) < 4.78 is 0. The van der Waals surface area contributed by atoms with Crippen LogP contribution in [0.1, 0.15) is 70.7 Å². The molecule has 1 aliphatic rings. The first kappa shape index (κ1) is 17.8. The molecule has 2 unspecified atom stereocenters. The number of hydroxylamine groups is 1. The van der Waals surface area contributed by atoms with Gasteiger partial charge in [0.25, 0.3) is 0 Å². The van der Waals surface area contributed by atoms with E-state index in [1.807, 2.05) is 12.1 Å². The van der Waals surface area contributed by atoms with Gasteiger partial charge in [-0.05, 0) is 39.7 Å². The molecule has 0 aromatic heterocycles. The molecule has 0 bridgehead atoms. The van der Waals surface area contributed by atoms with Crippen LogP contribution in [0.4, 0.5) is 0 Å². The van der Waals surface area contributed by atoms with Gasteiger partial charge in [-0.25, -0.2) is 4.79 Å². The second kappa shape index (κ2) is 5.80. The SMILES string of the molecule is CC(C)(C)c1cc(C2CC(C(=O)O)ON2)cc(C(C)(C)C)c1O. The van der Waals surface area contributed by atoms with Gasteiger partial charge in [-0.15, -0.1) is 0 Å². The number of nitrogens with one attached hydrogen (secondary N) is 1. The second-order valence-electron chi connectivity index (χ2n) is 8.32.